The minimum atomic E-state index is -0.335. The van der Waals surface area contributed by atoms with Gasteiger partial charge in [0.25, 0.3) is 5.19 Å². The standard InChI is InChI=1S/C12H12N2O2S/c1-8(11(13)15)9-2-4-10(5-3-9)16-12-14-6-7-17-12/h2-8H,1H3,(H2,13,15). The van der Waals surface area contributed by atoms with E-state index < -0.39 is 0 Å². The van der Waals surface area contributed by atoms with Crippen LogP contribution >= 0.6 is 11.3 Å². The SMILES string of the molecule is CC(C(N)=O)c1ccc(Oc2nccs2)cc1. The van der Waals surface area contributed by atoms with Gasteiger partial charge in [-0.15, -0.1) is 0 Å². The number of aromatic nitrogens is 1. The topological polar surface area (TPSA) is 65.2 Å². The van der Waals surface area contributed by atoms with Crippen molar-refractivity contribution in [2.24, 2.45) is 5.73 Å². The molecule has 1 heterocycles. The molecule has 1 atom stereocenters. The molecule has 2 aromatic rings. The van der Waals surface area contributed by atoms with E-state index in [0.29, 0.717) is 10.9 Å². The molecule has 0 fully saturated rings. The van der Waals surface area contributed by atoms with E-state index >= 15 is 0 Å². The van der Waals surface area contributed by atoms with Crippen LogP contribution in [-0.2, 0) is 4.79 Å². The number of rotatable bonds is 4. The van der Waals surface area contributed by atoms with Crippen molar-refractivity contribution < 1.29 is 9.53 Å². The number of hydrogen-bond acceptors (Lipinski definition) is 4. The number of ether oxygens (including phenoxy) is 1. The monoisotopic (exact) mass is 248 g/mol. The van der Waals surface area contributed by atoms with Crippen LogP contribution in [-0.4, -0.2) is 10.9 Å². The molecule has 1 aromatic heterocycles. The van der Waals surface area contributed by atoms with Gasteiger partial charge in [-0.25, -0.2) is 4.98 Å². The number of hydrogen-bond donors (Lipinski definition) is 1. The number of nitrogens with zero attached hydrogens (tertiary/aromatic N) is 1. The molecule has 2 N–H and O–H groups in total. The molecule has 88 valence electrons. The lowest BCUT2D eigenvalue weighted by molar-refractivity contribution is -0.119. The predicted molar refractivity (Wildman–Crippen MR) is 66.2 cm³/mol. The van der Waals surface area contributed by atoms with E-state index in [2.05, 4.69) is 4.98 Å². The highest BCUT2D eigenvalue weighted by atomic mass is 32.1. The third kappa shape index (κ3) is 2.82. The fourth-order valence-electron chi connectivity index (χ4n) is 1.35. The molecule has 0 saturated carbocycles. The zero-order chi connectivity index (χ0) is 12.3. The van der Waals surface area contributed by atoms with Gasteiger partial charge in [-0.2, -0.15) is 0 Å². The third-order valence-electron chi connectivity index (χ3n) is 2.42. The maximum atomic E-state index is 11.0. The van der Waals surface area contributed by atoms with Crippen molar-refractivity contribution in [1.29, 1.82) is 0 Å². The predicted octanol–water partition coefficient (Wildman–Crippen LogP) is 2.52. The Hall–Kier alpha value is -1.88. The molecule has 0 aliphatic carbocycles. The number of nitrogens with two attached hydrogens (primary N) is 1. The van der Waals surface area contributed by atoms with Crippen LogP contribution in [0.4, 0.5) is 0 Å². The fraction of sp³-hybridized carbons (Fsp3) is 0.167. The van der Waals surface area contributed by atoms with Gasteiger partial charge in [0.1, 0.15) is 5.75 Å². The zero-order valence-electron chi connectivity index (χ0n) is 9.29. The molecule has 0 spiro atoms. The number of carbonyl (C=O) groups is 1. The molecule has 5 heteroatoms. The van der Waals surface area contributed by atoms with Gasteiger partial charge in [0.05, 0.1) is 5.92 Å². The van der Waals surface area contributed by atoms with Gasteiger partial charge in [0.2, 0.25) is 5.91 Å². The molecular formula is C12H12N2O2S. The summed E-state index contributed by atoms with van der Waals surface area (Å²) in [6.07, 6.45) is 1.68. The molecule has 17 heavy (non-hydrogen) atoms. The first-order valence-corrected chi connectivity index (χ1v) is 6.01. The van der Waals surface area contributed by atoms with Crippen molar-refractivity contribution in [1.82, 2.24) is 4.98 Å². The molecule has 0 saturated heterocycles. The van der Waals surface area contributed by atoms with Gasteiger partial charge < -0.3 is 10.5 Å². The summed E-state index contributed by atoms with van der Waals surface area (Å²) in [7, 11) is 0. The summed E-state index contributed by atoms with van der Waals surface area (Å²) >= 11 is 1.43. The summed E-state index contributed by atoms with van der Waals surface area (Å²) in [5.74, 6) is 0.0721. The normalized spacial score (nSPS) is 12.1. The van der Waals surface area contributed by atoms with Crippen LogP contribution in [0.5, 0.6) is 10.9 Å². The zero-order valence-corrected chi connectivity index (χ0v) is 10.1. The Kier molecular flexibility index (Phi) is 3.39. The minimum absolute atomic E-state index is 0.288. The van der Waals surface area contributed by atoms with E-state index in [1.54, 1.807) is 25.3 Å². The van der Waals surface area contributed by atoms with E-state index in [-0.39, 0.29) is 11.8 Å². The number of carbonyl (C=O) groups excluding carboxylic acids is 1. The molecule has 1 aromatic carbocycles. The maximum Gasteiger partial charge on any atom is 0.278 e. The number of benzene rings is 1. The largest absolute Gasteiger partial charge is 0.431 e. The van der Waals surface area contributed by atoms with Gasteiger partial charge in [-0.1, -0.05) is 23.5 Å². The molecule has 0 aliphatic rings. The lowest BCUT2D eigenvalue weighted by atomic mass is 10.0. The summed E-state index contributed by atoms with van der Waals surface area (Å²) in [6.45, 7) is 1.78. The van der Waals surface area contributed by atoms with Gasteiger partial charge >= 0.3 is 0 Å². The molecule has 1 amide bonds. The van der Waals surface area contributed by atoms with Crippen LogP contribution in [0.1, 0.15) is 18.4 Å². The smallest absolute Gasteiger partial charge is 0.278 e. The summed E-state index contributed by atoms with van der Waals surface area (Å²) < 4.78 is 5.50. The van der Waals surface area contributed by atoms with E-state index in [0.717, 1.165) is 5.56 Å². The summed E-state index contributed by atoms with van der Waals surface area (Å²) in [5, 5.41) is 2.44. The molecule has 0 aliphatic heterocycles. The van der Waals surface area contributed by atoms with Crippen molar-refractivity contribution in [3.8, 4) is 10.9 Å². The lowest BCUT2D eigenvalue weighted by Crippen LogP contribution is -2.18. The van der Waals surface area contributed by atoms with Crippen molar-refractivity contribution >= 4 is 17.2 Å². The molecule has 4 nitrogen and oxygen atoms in total. The van der Waals surface area contributed by atoms with Crippen LogP contribution in [0.3, 0.4) is 0 Å². The first kappa shape index (κ1) is 11.6. The van der Waals surface area contributed by atoms with E-state index in [9.17, 15) is 4.79 Å². The van der Waals surface area contributed by atoms with Gasteiger partial charge in [0, 0.05) is 11.6 Å². The third-order valence-corrected chi connectivity index (χ3v) is 3.07. The Labute approximate surface area is 103 Å². The number of primary amides is 1. The molecule has 0 bridgehead atoms. The average molecular weight is 248 g/mol. The quantitative estimate of drug-likeness (QED) is 0.904. The second-order valence-electron chi connectivity index (χ2n) is 3.59. The lowest BCUT2D eigenvalue weighted by Gasteiger charge is -2.08. The van der Waals surface area contributed by atoms with Gasteiger partial charge in [-0.05, 0) is 24.6 Å². The van der Waals surface area contributed by atoms with Crippen LogP contribution in [0.15, 0.2) is 35.8 Å². The Morgan fingerprint density at radius 3 is 2.65 bits per heavy atom. The maximum absolute atomic E-state index is 11.0. The van der Waals surface area contributed by atoms with Crippen molar-refractivity contribution in [2.45, 2.75) is 12.8 Å². The van der Waals surface area contributed by atoms with Crippen molar-refractivity contribution in [2.75, 3.05) is 0 Å². The highest BCUT2D eigenvalue weighted by molar-refractivity contribution is 7.11. The Morgan fingerprint density at radius 2 is 2.12 bits per heavy atom. The highest BCUT2D eigenvalue weighted by Crippen LogP contribution is 2.25. The van der Waals surface area contributed by atoms with Crippen molar-refractivity contribution in [3.63, 3.8) is 0 Å². The average Bonchev–Trinajstić information content (AvgIpc) is 2.82. The van der Waals surface area contributed by atoms with Crippen LogP contribution in [0, 0.1) is 0 Å². The molecule has 2 rings (SSSR count). The Bertz CT molecular complexity index is 494. The van der Waals surface area contributed by atoms with E-state index in [1.165, 1.54) is 11.3 Å². The van der Waals surface area contributed by atoms with Gasteiger partial charge in [-0.3, -0.25) is 4.79 Å². The van der Waals surface area contributed by atoms with Crippen LogP contribution < -0.4 is 10.5 Å². The summed E-state index contributed by atoms with van der Waals surface area (Å²) in [6, 6.07) is 7.27. The van der Waals surface area contributed by atoms with Gasteiger partial charge in [0.15, 0.2) is 0 Å². The fourth-order valence-corrected chi connectivity index (χ4v) is 1.85. The molecule has 1 unspecified atom stereocenters. The molecular weight excluding hydrogens is 236 g/mol. The Morgan fingerprint density at radius 1 is 1.41 bits per heavy atom. The molecule has 0 radical (unpaired) electrons. The second-order valence-corrected chi connectivity index (χ2v) is 4.45. The summed E-state index contributed by atoms with van der Waals surface area (Å²) in [5.41, 5.74) is 6.12. The first-order valence-electron chi connectivity index (χ1n) is 5.13. The van der Waals surface area contributed by atoms with E-state index in [4.69, 9.17) is 10.5 Å². The van der Waals surface area contributed by atoms with Crippen LogP contribution in [0.25, 0.3) is 0 Å². The minimum Gasteiger partial charge on any atom is -0.431 e. The summed E-state index contributed by atoms with van der Waals surface area (Å²) in [4.78, 5) is 15.0. The van der Waals surface area contributed by atoms with Crippen molar-refractivity contribution in [3.05, 3.63) is 41.4 Å². The number of thiazole rings is 1. The Balaban J connectivity index is 2.10. The first-order chi connectivity index (χ1) is 8.16. The van der Waals surface area contributed by atoms with E-state index in [1.807, 2.05) is 17.5 Å². The number of amides is 1. The second kappa shape index (κ2) is 4.97. The highest BCUT2D eigenvalue weighted by Gasteiger charge is 2.11. The van der Waals surface area contributed by atoms with Crippen LogP contribution in [0.2, 0.25) is 0 Å².